The monoisotopic (exact) mass is 302 g/mol. The van der Waals surface area contributed by atoms with Crippen LogP contribution in [0.4, 0.5) is 0 Å². The molecule has 118 valence electrons. The summed E-state index contributed by atoms with van der Waals surface area (Å²) in [6.45, 7) is 8.79. The van der Waals surface area contributed by atoms with E-state index in [1.807, 2.05) is 11.0 Å². The Labute approximate surface area is 131 Å². The molecule has 0 aliphatic carbocycles. The lowest BCUT2D eigenvalue weighted by Crippen LogP contribution is -2.48. The van der Waals surface area contributed by atoms with Crippen molar-refractivity contribution in [1.29, 1.82) is 0 Å². The van der Waals surface area contributed by atoms with Crippen LogP contribution < -0.4 is 9.47 Å². The third kappa shape index (κ3) is 3.25. The van der Waals surface area contributed by atoms with Gasteiger partial charge in [-0.1, -0.05) is 11.6 Å². The number of nitrogens with zero attached hydrogens (tertiary/aromatic N) is 2. The van der Waals surface area contributed by atoms with Crippen molar-refractivity contribution in [2.45, 2.75) is 13.8 Å². The zero-order valence-electron chi connectivity index (χ0n) is 13.2. The van der Waals surface area contributed by atoms with E-state index in [0.29, 0.717) is 17.1 Å². The van der Waals surface area contributed by atoms with Crippen molar-refractivity contribution in [3.63, 3.8) is 0 Å². The van der Waals surface area contributed by atoms with Crippen LogP contribution >= 0.6 is 0 Å². The van der Waals surface area contributed by atoms with E-state index in [2.05, 4.69) is 24.8 Å². The molecule has 0 saturated carbocycles. The maximum absolute atomic E-state index is 12.6. The maximum Gasteiger partial charge on any atom is 0.254 e. The average molecular weight is 302 g/mol. The van der Waals surface area contributed by atoms with E-state index in [-0.39, 0.29) is 12.7 Å². The molecule has 5 heteroatoms. The Morgan fingerprint density at radius 3 is 2.59 bits per heavy atom. The van der Waals surface area contributed by atoms with Crippen LogP contribution in [-0.4, -0.2) is 55.2 Å². The van der Waals surface area contributed by atoms with Gasteiger partial charge in [0.05, 0.1) is 0 Å². The lowest BCUT2D eigenvalue weighted by Gasteiger charge is -2.34. The van der Waals surface area contributed by atoms with Crippen LogP contribution in [0.5, 0.6) is 11.5 Å². The maximum atomic E-state index is 12.6. The van der Waals surface area contributed by atoms with Crippen LogP contribution in [0.3, 0.4) is 0 Å². The molecule has 0 bridgehead atoms. The molecule has 1 aromatic rings. The number of piperazine rings is 1. The number of carbonyl (C=O) groups excluding carboxylic acids is 1. The van der Waals surface area contributed by atoms with Crippen molar-refractivity contribution in [3.05, 3.63) is 35.4 Å². The van der Waals surface area contributed by atoms with Crippen LogP contribution in [0.2, 0.25) is 0 Å². The predicted octanol–water partition coefficient (Wildman–Crippen LogP) is 2.14. The largest absolute Gasteiger partial charge is 0.454 e. The van der Waals surface area contributed by atoms with Gasteiger partial charge in [0.1, 0.15) is 0 Å². The lowest BCUT2D eigenvalue weighted by molar-refractivity contribution is 0.0649. The smallest absolute Gasteiger partial charge is 0.254 e. The number of fused-ring (bicyclic) bond motifs is 1. The second kappa shape index (κ2) is 6.40. The highest BCUT2D eigenvalue weighted by atomic mass is 16.7. The summed E-state index contributed by atoms with van der Waals surface area (Å²) in [7, 11) is 0. The fourth-order valence-electron chi connectivity index (χ4n) is 2.66. The first-order valence-electron chi connectivity index (χ1n) is 7.68. The highest BCUT2D eigenvalue weighted by molar-refractivity contribution is 5.95. The summed E-state index contributed by atoms with van der Waals surface area (Å²) < 4.78 is 10.6. The van der Waals surface area contributed by atoms with Gasteiger partial charge in [-0.2, -0.15) is 0 Å². The van der Waals surface area contributed by atoms with E-state index in [4.69, 9.17) is 9.47 Å². The summed E-state index contributed by atoms with van der Waals surface area (Å²) in [5.41, 5.74) is 2.00. The van der Waals surface area contributed by atoms with Gasteiger partial charge in [0.25, 0.3) is 5.91 Å². The molecular weight excluding hydrogens is 280 g/mol. The fraction of sp³-hybridized carbons (Fsp3) is 0.471. The van der Waals surface area contributed by atoms with Gasteiger partial charge in [-0.3, -0.25) is 9.69 Å². The average Bonchev–Trinajstić information content (AvgIpc) is 3.00. The summed E-state index contributed by atoms with van der Waals surface area (Å²) in [5.74, 6) is 1.44. The minimum atomic E-state index is 0.0696. The molecule has 1 amide bonds. The third-order valence-electron chi connectivity index (χ3n) is 4.04. The molecule has 0 aromatic heterocycles. The van der Waals surface area contributed by atoms with Crippen molar-refractivity contribution in [3.8, 4) is 11.5 Å². The molecule has 0 N–H and O–H groups in total. The molecule has 2 heterocycles. The minimum Gasteiger partial charge on any atom is -0.454 e. The SMILES string of the molecule is CC(C)=CCN1CCN(C(=O)c2ccc3c(c2)OCO3)CC1. The Balaban J connectivity index is 1.59. The molecule has 0 spiro atoms. The normalized spacial score (nSPS) is 17.5. The summed E-state index contributed by atoms with van der Waals surface area (Å²) in [5, 5.41) is 0. The van der Waals surface area contributed by atoms with Crippen molar-refractivity contribution in [1.82, 2.24) is 9.80 Å². The van der Waals surface area contributed by atoms with Crippen LogP contribution in [0, 0.1) is 0 Å². The van der Waals surface area contributed by atoms with Crippen molar-refractivity contribution in [2.75, 3.05) is 39.5 Å². The number of hydrogen-bond acceptors (Lipinski definition) is 4. The zero-order valence-corrected chi connectivity index (χ0v) is 13.2. The topological polar surface area (TPSA) is 42.0 Å². The van der Waals surface area contributed by atoms with Gasteiger partial charge in [0.2, 0.25) is 6.79 Å². The Bertz CT molecular complexity index is 586. The number of hydrogen-bond donors (Lipinski definition) is 0. The van der Waals surface area contributed by atoms with Gasteiger partial charge in [-0.25, -0.2) is 0 Å². The van der Waals surface area contributed by atoms with Crippen LogP contribution in [0.15, 0.2) is 29.8 Å². The molecule has 0 unspecified atom stereocenters. The summed E-state index contributed by atoms with van der Waals surface area (Å²) >= 11 is 0. The van der Waals surface area contributed by atoms with Gasteiger partial charge in [0, 0.05) is 38.3 Å². The molecule has 1 aromatic carbocycles. The van der Waals surface area contributed by atoms with Gasteiger partial charge in [-0.15, -0.1) is 0 Å². The second-order valence-electron chi connectivity index (χ2n) is 5.94. The van der Waals surface area contributed by atoms with Crippen molar-refractivity contribution < 1.29 is 14.3 Å². The van der Waals surface area contributed by atoms with E-state index in [0.717, 1.165) is 32.7 Å². The van der Waals surface area contributed by atoms with Crippen LogP contribution in [0.1, 0.15) is 24.2 Å². The number of rotatable bonds is 3. The number of amides is 1. The molecule has 2 aliphatic rings. The van der Waals surface area contributed by atoms with E-state index in [1.165, 1.54) is 5.57 Å². The Kier molecular flexibility index (Phi) is 4.34. The molecule has 3 rings (SSSR count). The van der Waals surface area contributed by atoms with Gasteiger partial charge in [0.15, 0.2) is 11.5 Å². The molecule has 1 saturated heterocycles. The molecule has 0 radical (unpaired) electrons. The standard InChI is InChI=1S/C17H22N2O3/c1-13(2)5-6-18-7-9-19(10-8-18)17(20)14-3-4-15-16(11-14)22-12-21-15/h3-5,11H,6-10,12H2,1-2H3. The van der Waals surface area contributed by atoms with E-state index >= 15 is 0 Å². The number of benzene rings is 1. The second-order valence-corrected chi connectivity index (χ2v) is 5.94. The summed E-state index contributed by atoms with van der Waals surface area (Å²) in [6.07, 6.45) is 2.23. The van der Waals surface area contributed by atoms with Crippen molar-refractivity contribution in [2.24, 2.45) is 0 Å². The number of carbonyl (C=O) groups is 1. The highest BCUT2D eigenvalue weighted by Crippen LogP contribution is 2.32. The number of ether oxygens (including phenoxy) is 2. The quantitative estimate of drug-likeness (QED) is 0.802. The molecular formula is C17H22N2O3. The molecule has 22 heavy (non-hydrogen) atoms. The zero-order chi connectivity index (χ0) is 15.5. The Hall–Kier alpha value is -2.01. The van der Waals surface area contributed by atoms with Crippen LogP contribution in [-0.2, 0) is 0 Å². The molecule has 1 fully saturated rings. The Morgan fingerprint density at radius 1 is 1.14 bits per heavy atom. The Morgan fingerprint density at radius 2 is 1.86 bits per heavy atom. The molecule has 5 nitrogen and oxygen atoms in total. The first-order chi connectivity index (χ1) is 10.6. The molecule has 2 aliphatic heterocycles. The molecule has 0 atom stereocenters. The fourth-order valence-corrected chi connectivity index (χ4v) is 2.66. The lowest BCUT2D eigenvalue weighted by atomic mass is 10.1. The summed E-state index contributed by atoms with van der Waals surface area (Å²) in [6, 6.07) is 5.40. The third-order valence-corrected chi connectivity index (χ3v) is 4.04. The van der Waals surface area contributed by atoms with E-state index in [1.54, 1.807) is 12.1 Å². The van der Waals surface area contributed by atoms with Crippen molar-refractivity contribution >= 4 is 5.91 Å². The summed E-state index contributed by atoms with van der Waals surface area (Å²) in [4.78, 5) is 16.9. The van der Waals surface area contributed by atoms with E-state index < -0.39 is 0 Å². The van der Waals surface area contributed by atoms with Gasteiger partial charge in [-0.05, 0) is 32.0 Å². The number of allylic oxidation sites excluding steroid dienone is 1. The van der Waals surface area contributed by atoms with Crippen LogP contribution in [0.25, 0.3) is 0 Å². The minimum absolute atomic E-state index is 0.0696. The highest BCUT2D eigenvalue weighted by Gasteiger charge is 2.23. The predicted molar refractivity (Wildman–Crippen MR) is 84.3 cm³/mol. The van der Waals surface area contributed by atoms with Gasteiger partial charge < -0.3 is 14.4 Å². The van der Waals surface area contributed by atoms with E-state index in [9.17, 15) is 4.79 Å². The first-order valence-corrected chi connectivity index (χ1v) is 7.68. The van der Waals surface area contributed by atoms with Gasteiger partial charge >= 0.3 is 0 Å². The first kappa shape index (κ1) is 14.9.